The zero-order chi connectivity index (χ0) is 10.1. The molecule has 2 atom stereocenters. The second-order valence-corrected chi connectivity index (χ2v) is 3.57. The van der Waals surface area contributed by atoms with Gasteiger partial charge in [-0.3, -0.25) is 10.1 Å². The molecule has 0 aromatic heterocycles. The van der Waals surface area contributed by atoms with E-state index in [2.05, 4.69) is 0 Å². The number of allylic oxidation sites excluding steroid dienone is 1. The highest BCUT2D eigenvalue weighted by molar-refractivity contribution is 5.25. The first-order valence-electron chi connectivity index (χ1n) is 4.30. The van der Waals surface area contributed by atoms with Crippen LogP contribution in [0.5, 0.6) is 0 Å². The van der Waals surface area contributed by atoms with E-state index in [4.69, 9.17) is 5.73 Å². The Bertz CT molecular complexity index is 283. The maximum Gasteiger partial charge on any atom is 0.265 e. The van der Waals surface area contributed by atoms with Crippen LogP contribution in [0.4, 0.5) is 0 Å². The molecule has 0 saturated carbocycles. The zero-order valence-electron chi connectivity index (χ0n) is 7.86. The lowest BCUT2D eigenvalue weighted by Crippen LogP contribution is -2.38. The fraction of sp³-hybridized carbons (Fsp3) is 0.556. The number of rotatable bonds is 2. The number of nitrogens with zero attached hydrogens (tertiary/aromatic N) is 1. The van der Waals surface area contributed by atoms with Gasteiger partial charge in [-0.2, -0.15) is 0 Å². The normalized spacial score (nSPS) is 32.8. The summed E-state index contributed by atoms with van der Waals surface area (Å²) in [5, 5.41) is 10.5. The van der Waals surface area contributed by atoms with Crippen molar-refractivity contribution >= 4 is 0 Å². The molecule has 0 spiro atoms. The third-order valence-corrected chi connectivity index (χ3v) is 2.69. The van der Waals surface area contributed by atoms with Crippen LogP contribution in [0.25, 0.3) is 0 Å². The minimum absolute atomic E-state index is 0.124. The number of nitrogens with two attached hydrogens (primary N) is 1. The molecular formula is C9H14N2O2. The molecule has 72 valence electrons. The van der Waals surface area contributed by atoms with Crippen molar-refractivity contribution < 1.29 is 4.92 Å². The molecular weight excluding hydrogens is 168 g/mol. The van der Waals surface area contributed by atoms with Crippen molar-refractivity contribution in [2.24, 2.45) is 11.1 Å². The molecule has 4 nitrogen and oxygen atoms in total. The first kappa shape index (κ1) is 9.92. The molecule has 2 N–H and O–H groups in total. The molecule has 1 rings (SSSR count). The van der Waals surface area contributed by atoms with Crippen molar-refractivity contribution in [3.05, 3.63) is 34.0 Å². The first-order valence-corrected chi connectivity index (χ1v) is 4.30. The van der Waals surface area contributed by atoms with Gasteiger partial charge in [0.1, 0.15) is 0 Å². The monoisotopic (exact) mass is 182 g/mol. The molecule has 0 bridgehead atoms. The zero-order valence-corrected chi connectivity index (χ0v) is 7.86. The summed E-state index contributed by atoms with van der Waals surface area (Å²) >= 11 is 0. The van der Waals surface area contributed by atoms with E-state index in [0.717, 1.165) is 6.42 Å². The lowest BCUT2D eigenvalue weighted by molar-refractivity contribution is -0.420. The summed E-state index contributed by atoms with van der Waals surface area (Å²) in [5.41, 5.74) is 5.70. The molecule has 0 heterocycles. The summed E-state index contributed by atoms with van der Waals surface area (Å²) in [7, 11) is 0. The maximum atomic E-state index is 10.5. The van der Waals surface area contributed by atoms with Crippen molar-refractivity contribution in [2.75, 3.05) is 0 Å². The van der Waals surface area contributed by atoms with Gasteiger partial charge in [-0.25, -0.2) is 0 Å². The van der Waals surface area contributed by atoms with Gasteiger partial charge in [-0.1, -0.05) is 19.9 Å². The average Bonchev–Trinajstić information content (AvgIpc) is 2.09. The molecule has 4 heteroatoms. The predicted octanol–water partition coefficient (Wildman–Crippen LogP) is 1.46. The SMILES string of the molecule is CCC1(C)C=C([N+](=O)[O-])C=CC1N. The van der Waals surface area contributed by atoms with Gasteiger partial charge in [0.25, 0.3) is 5.70 Å². The summed E-state index contributed by atoms with van der Waals surface area (Å²) in [6.07, 6.45) is 5.62. The highest BCUT2D eigenvalue weighted by Crippen LogP contribution is 2.32. The molecule has 1 aliphatic carbocycles. The minimum atomic E-state index is -0.379. The van der Waals surface area contributed by atoms with Crippen molar-refractivity contribution in [3.63, 3.8) is 0 Å². The van der Waals surface area contributed by atoms with E-state index in [-0.39, 0.29) is 22.1 Å². The quantitative estimate of drug-likeness (QED) is 0.519. The number of hydrogen-bond acceptors (Lipinski definition) is 3. The Balaban J connectivity index is 3.00. The lowest BCUT2D eigenvalue weighted by atomic mass is 9.77. The van der Waals surface area contributed by atoms with Crippen LogP contribution in [0.3, 0.4) is 0 Å². The van der Waals surface area contributed by atoms with Gasteiger partial charge >= 0.3 is 0 Å². The van der Waals surface area contributed by atoms with Crippen LogP contribution in [-0.2, 0) is 0 Å². The summed E-state index contributed by atoms with van der Waals surface area (Å²) in [6, 6.07) is -0.124. The summed E-state index contributed by atoms with van der Waals surface area (Å²) < 4.78 is 0. The Morgan fingerprint density at radius 2 is 2.38 bits per heavy atom. The van der Waals surface area contributed by atoms with Crippen molar-refractivity contribution in [1.82, 2.24) is 0 Å². The topological polar surface area (TPSA) is 69.2 Å². The van der Waals surface area contributed by atoms with E-state index in [1.54, 1.807) is 12.2 Å². The van der Waals surface area contributed by atoms with Crippen molar-refractivity contribution in [1.29, 1.82) is 0 Å². The predicted molar refractivity (Wildman–Crippen MR) is 50.6 cm³/mol. The molecule has 13 heavy (non-hydrogen) atoms. The Morgan fingerprint density at radius 3 is 2.85 bits per heavy atom. The molecule has 0 amide bonds. The van der Waals surface area contributed by atoms with Crippen LogP contribution >= 0.6 is 0 Å². The molecule has 2 unspecified atom stereocenters. The molecule has 0 aromatic rings. The van der Waals surface area contributed by atoms with Gasteiger partial charge in [0.2, 0.25) is 0 Å². The van der Waals surface area contributed by atoms with E-state index in [1.165, 1.54) is 6.08 Å². The van der Waals surface area contributed by atoms with Gasteiger partial charge in [0, 0.05) is 23.6 Å². The van der Waals surface area contributed by atoms with Crippen LogP contribution in [0.2, 0.25) is 0 Å². The van der Waals surface area contributed by atoms with Crippen LogP contribution in [0.15, 0.2) is 23.9 Å². The van der Waals surface area contributed by atoms with E-state index in [0.29, 0.717) is 0 Å². The van der Waals surface area contributed by atoms with E-state index in [9.17, 15) is 10.1 Å². The largest absolute Gasteiger partial charge is 0.324 e. The van der Waals surface area contributed by atoms with Gasteiger partial charge in [0.15, 0.2) is 0 Å². The molecule has 1 aliphatic rings. The molecule has 0 fully saturated rings. The minimum Gasteiger partial charge on any atom is -0.324 e. The Morgan fingerprint density at radius 1 is 1.77 bits per heavy atom. The van der Waals surface area contributed by atoms with Crippen LogP contribution in [0, 0.1) is 15.5 Å². The fourth-order valence-corrected chi connectivity index (χ4v) is 1.36. The first-order chi connectivity index (χ1) is 5.99. The summed E-state index contributed by atoms with van der Waals surface area (Å²) in [5.74, 6) is 0. The highest BCUT2D eigenvalue weighted by atomic mass is 16.6. The third-order valence-electron chi connectivity index (χ3n) is 2.69. The third kappa shape index (κ3) is 1.78. The van der Waals surface area contributed by atoms with Crippen molar-refractivity contribution in [3.8, 4) is 0 Å². The molecule has 0 aromatic carbocycles. The molecule has 0 radical (unpaired) electrons. The average molecular weight is 182 g/mol. The number of hydrogen-bond donors (Lipinski definition) is 1. The maximum absolute atomic E-state index is 10.5. The van der Waals surface area contributed by atoms with Crippen LogP contribution < -0.4 is 5.73 Å². The van der Waals surface area contributed by atoms with Gasteiger partial charge in [-0.15, -0.1) is 0 Å². The fourth-order valence-electron chi connectivity index (χ4n) is 1.36. The van der Waals surface area contributed by atoms with E-state index in [1.807, 2.05) is 13.8 Å². The molecule has 0 saturated heterocycles. The Kier molecular flexibility index (Phi) is 2.52. The van der Waals surface area contributed by atoms with Crippen molar-refractivity contribution in [2.45, 2.75) is 26.3 Å². The van der Waals surface area contributed by atoms with E-state index >= 15 is 0 Å². The van der Waals surface area contributed by atoms with Crippen LogP contribution in [-0.4, -0.2) is 11.0 Å². The molecule has 0 aliphatic heterocycles. The summed E-state index contributed by atoms with van der Waals surface area (Å²) in [4.78, 5) is 10.1. The highest BCUT2D eigenvalue weighted by Gasteiger charge is 2.32. The number of nitro groups is 1. The smallest absolute Gasteiger partial charge is 0.265 e. The standard InChI is InChI=1S/C9H14N2O2/c1-3-9(2)6-7(11(12)13)4-5-8(9)10/h4-6,8H,3,10H2,1-2H3. The Hall–Kier alpha value is -1.16. The van der Waals surface area contributed by atoms with Gasteiger partial charge in [0.05, 0.1) is 4.92 Å². The van der Waals surface area contributed by atoms with Gasteiger partial charge < -0.3 is 5.73 Å². The summed E-state index contributed by atoms with van der Waals surface area (Å²) in [6.45, 7) is 3.91. The van der Waals surface area contributed by atoms with E-state index < -0.39 is 0 Å². The second kappa shape index (κ2) is 3.30. The second-order valence-electron chi connectivity index (χ2n) is 3.57. The van der Waals surface area contributed by atoms with Gasteiger partial charge in [-0.05, 0) is 6.42 Å². The Labute approximate surface area is 77.3 Å². The lowest BCUT2D eigenvalue weighted by Gasteiger charge is -2.30. The van der Waals surface area contributed by atoms with Crippen LogP contribution in [0.1, 0.15) is 20.3 Å².